The number of aryl methyl sites for hydroxylation is 1. The molecule has 0 bridgehead atoms. The van der Waals surface area contributed by atoms with E-state index in [2.05, 4.69) is 15.3 Å². The fourth-order valence-corrected chi connectivity index (χ4v) is 4.92. The van der Waals surface area contributed by atoms with Gasteiger partial charge in [0.15, 0.2) is 6.23 Å². The number of fused-ring (bicyclic) bond motifs is 1. The maximum Gasteiger partial charge on any atom is 0.167 e. The summed E-state index contributed by atoms with van der Waals surface area (Å²) in [6, 6.07) is 15.6. The molecule has 3 atom stereocenters. The molecule has 8 nitrogen and oxygen atoms in total. The van der Waals surface area contributed by atoms with Crippen LogP contribution < -0.4 is 14.8 Å². The van der Waals surface area contributed by atoms with Crippen molar-refractivity contribution in [1.29, 1.82) is 0 Å². The molecule has 10 heteroatoms. The van der Waals surface area contributed by atoms with E-state index in [0.29, 0.717) is 30.4 Å². The lowest BCUT2D eigenvalue weighted by Crippen LogP contribution is -2.17. The van der Waals surface area contributed by atoms with Crippen LogP contribution in [-0.4, -0.2) is 47.6 Å². The second kappa shape index (κ2) is 11.4. The first-order valence-electron chi connectivity index (χ1n) is 12.0. The minimum atomic E-state index is -1.18. The quantitative estimate of drug-likeness (QED) is 0.264. The summed E-state index contributed by atoms with van der Waals surface area (Å²) in [4.78, 5) is 9.81. The predicted octanol–water partition coefficient (Wildman–Crippen LogP) is 5.72. The Morgan fingerprint density at radius 2 is 1.95 bits per heavy atom. The van der Waals surface area contributed by atoms with Crippen LogP contribution in [0.5, 0.6) is 11.5 Å². The fraction of sp³-hybridized carbons (Fsp3) is 0.333. The molecule has 0 amide bonds. The van der Waals surface area contributed by atoms with Gasteiger partial charge < -0.3 is 28.3 Å². The Labute approximate surface area is 219 Å². The molecule has 2 aromatic carbocycles. The van der Waals surface area contributed by atoms with E-state index in [1.165, 1.54) is 23.9 Å². The van der Waals surface area contributed by atoms with Crippen molar-refractivity contribution < 1.29 is 22.8 Å². The molecule has 2 aromatic heterocycles. The second-order valence-electron chi connectivity index (χ2n) is 8.80. The predicted molar refractivity (Wildman–Crippen MR) is 141 cm³/mol. The van der Waals surface area contributed by atoms with E-state index in [0.717, 1.165) is 21.6 Å². The average molecular weight is 525 g/mol. The SMILES string of the molecule is COc1ccc(CNc2ncnc3c2ccn3C2OC(COSc3ccc(C)cc3)CC2F)c(OC)c1. The van der Waals surface area contributed by atoms with Crippen molar-refractivity contribution >= 4 is 28.9 Å². The maximum atomic E-state index is 15.0. The van der Waals surface area contributed by atoms with Gasteiger partial charge in [-0.1, -0.05) is 17.7 Å². The number of aromatic nitrogens is 3. The van der Waals surface area contributed by atoms with Crippen LogP contribution in [0.25, 0.3) is 11.0 Å². The summed E-state index contributed by atoms with van der Waals surface area (Å²) in [5.74, 6) is 2.07. The van der Waals surface area contributed by atoms with Crippen LogP contribution in [0.1, 0.15) is 23.8 Å². The number of methoxy groups -OCH3 is 2. The summed E-state index contributed by atoms with van der Waals surface area (Å²) in [5.41, 5.74) is 2.74. The number of alkyl halides is 1. The van der Waals surface area contributed by atoms with Gasteiger partial charge in [0.25, 0.3) is 0 Å². The molecule has 5 rings (SSSR count). The second-order valence-corrected chi connectivity index (χ2v) is 9.67. The van der Waals surface area contributed by atoms with Crippen molar-refractivity contribution in [1.82, 2.24) is 14.5 Å². The number of anilines is 1. The first-order valence-corrected chi connectivity index (χ1v) is 12.7. The highest BCUT2D eigenvalue weighted by Crippen LogP contribution is 2.36. The van der Waals surface area contributed by atoms with Crippen LogP contribution in [-0.2, 0) is 15.5 Å². The van der Waals surface area contributed by atoms with Gasteiger partial charge in [-0.25, -0.2) is 14.4 Å². The normalized spacial score (nSPS) is 19.3. The standard InChI is InChI=1S/C27H29FN4O4S/c1-17-4-8-21(9-5-17)37-35-15-20-12-23(28)27(36-20)32-11-10-22-25(30-16-31-26(22)32)29-14-18-6-7-19(33-2)13-24(18)34-3/h4-11,13,16,20,23,27H,12,14-15H2,1-3H3,(H,29,30,31). The van der Waals surface area contributed by atoms with Gasteiger partial charge in [0.05, 0.1) is 32.3 Å². The molecule has 1 saturated heterocycles. The smallest absolute Gasteiger partial charge is 0.167 e. The van der Waals surface area contributed by atoms with E-state index >= 15 is 4.39 Å². The molecule has 3 heterocycles. The van der Waals surface area contributed by atoms with Crippen molar-refractivity contribution in [3.8, 4) is 11.5 Å². The fourth-order valence-electron chi connectivity index (χ4n) is 4.32. The molecular weight excluding hydrogens is 495 g/mol. The summed E-state index contributed by atoms with van der Waals surface area (Å²) < 4.78 is 39.3. The number of rotatable bonds is 10. The van der Waals surface area contributed by atoms with Crippen LogP contribution >= 0.6 is 12.0 Å². The lowest BCUT2D eigenvalue weighted by atomic mass is 10.2. The third kappa shape index (κ3) is 5.66. The van der Waals surface area contributed by atoms with E-state index in [9.17, 15) is 0 Å². The summed E-state index contributed by atoms with van der Waals surface area (Å²) >= 11 is 1.27. The summed E-state index contributed by atoms with van der Waals surface area (Å²) in [6.07, 6.45) is 1.21. The highest BCUT2D eigenvalue weighted by molar-refractivity contribution is 7.94. The molecule has 194 valence electrons. The monoisotopic (exact) mass is 524 g/mol. The summed E-state index contributed by atoms with van der Waals surface area (Å²) in [7, 11) is 3.24. The van der Waals surface area contributed by atoms with Crippen molar-refractivity contribution in [3.05, 3.63) is 72.2 Å². The number of nitrogens with zero attached hydrogens (tertiary/aromatic N) is 3. The molecule has 0 saturated carbocycles. The summed E-state index contributed by atoms with van der Waals surface area (Å²) in [5, 5.41) is 4.12. The first kappa shape index (κ1) is 25.3. The lowest BCUT2D eigenvalue weighted by molar-refractivity contribution is -0.0287. The van der Waals surface area contributed by atoms with Crippen LogP contribution in [0.2, 0.25) is 0 Å². The molecule has 1 aliphatic rings. The van der Waals surface area contributed by atoms with Gasteiger partial charge in [0.1, 0.15) is 35.5 Å². The molecule has 1 N–H and O–H groups in total. The van der Waals surface area contributed by atoms with Gasteiger partial charge in [-0.2, -0.15) is 0 Å². The lowest BCUT2D eigenvalue weighted by Gasteiger charge is -2.17. The molecule has 4 aromatic rings. The Bertz CT molecular complexity index is 1350. The minimum absolute atomic E-state index is 0.256. The molecule has 0 aliphatic carbocycles. The Hall–Kier alpha value is -3.34. The van der Waals surface area contributed by atoms with E-state index < -0.39 is 12.4 Å². The van der Waals surface area contributed by atoms with Crippen molar-refractivity contribution in [2.45, 2.75) is 43.3 Å². The Balaban J connectivity index is 1.24. The molecule has 0 radical (unpaired) electrons. The van der Waals surface area contributed by atoms with E-state index in [1.807, 2.05) is 55.5 Å². The number of halogens is 1. The Kier molecular flexibility index (Phi) is 7.78. The average Bonchev–Trinajstić information content (AvgIpc) is 3.51. The zero-order valence-corrected chi connectivity index (χ0v) is 21.7. The molecule has 1 fully saturated rings. The number of ether oxygens (including phenoxy) is 3. The Morgan fingerprint density at radius 1 is 1.11 bits per heavy atom. The van der Waals surface area contributed by atoms with Crippen LogP contribution in [0.4, 0.5) is 10.2 Å². The van der Waals surface area contributed by atoms with Crippen LogP contribution in [0.3, 0.4) is 0 Å². The zero-order valence-electron chi connectivity index (χ0n) is 20.9. The van der Waals surface area contributed by atoms with Gasteiger partial charge in [-0.15, -0.1) is 0 Å². The number of benzene rings is 2. The third-order valence-corrected chi connectivity index (χ3v) is 7.00. The first-order chi connectivity index (χ1) is 18.1. The maximum absolute atomic E-state index is 15.0. The van der Waals surface area contributed by atoms with Gasteiger partial charge >= 0.3 is 0 Å². The van der Waals surface area contributed by atoms with Crippen molar-refractivity contribution in [2.75, 3.05) is 26.1 Å². The van der Waals surface area contributed by atoms with E-state index in [1.54, 1.807) is 25.0 Å². The van der Waals surface area contributed by atoms with E-state index in [-0.39, 0.29) is 12.5 Å². The number of nitrogens with one attached hydrogen (secondary N) is 1. The molecule has 37 heavy (non-hydrogen) atoms. The summed E-state index contributed by atoms with van der Waals surface area (Å²) in [6.45, 7) is 2.81. The van der Waals surface area contributed by atoms with Gasteiger partial charge in [0.2, 0.25) is 0 Å². The van der Waals surface area contributed by atoms with E-state index in [4.69, 9.17) is 18.4 Å². The number of hydrogen-bond acceptors (Lipinski definition) is 8. The molecule has 3 unspecified atom stereocenters. The van der Waals surface area contributed by atoms with Gasteiger partial charge in [-0.3, -0.25) is 0 Å². The highest BCUT2D eigenvalue weighted by Gasteiger charge is 2.37. The zero-order chi connectivity index (χ0) is 25.8. The van der Waals surface area contributed by atoms with Crippen molar-refractivity contribution in [2.24, 2.45) is 0 Å². The number of hydrogen-bond donors (Lipinski definition) is 1. The van der Waals surface area contributed by atoms with Crippen molar-refractivity contribution in [3.63, 3.8) is 0 Å². The largest absolute Gasteiger partial charge is 0.497 e. The minimum Gasteiger partial charge on any atom is -0.497 e. The van der Waals surface area contributed by atoms with Gasteiger partial charge in [-0.05, 0) is 37.3 Å². The highest BCUT2D eigenvalue weighted by atomic mass is 32.2. The molecule has 1 aliphatic heterocycles. The topological polar surface area (TPSA) is 79.7 Å². The van der Waals surface area contributed by atoms with Gasteiger partial charge in [0, 0.05) is 47.7 Å². The Morgan fingerprint density at radius 3 is 2.73 bits per heavy atom. The molecular formula is C27H29FN4O4S. The molecule has 0 spiro atoms. The van der Waals surface area contributed by atoms with Crippen LogP contribution in [0, 0.1) is 6.92 Å². The van der Waals surface area contributed by atoms with Crippen LogP contribution in [0.15, 0.2) is 66.0 Å². The third-order valence-electron chi connectivity index (χ3n) is 6.28.